The maximum Gasteiger partial charge on any atom is 0.316 e. The molecule has 0 aromatic heterocycles. The number of rotatable bonds is 3. The van der Waals surface area contributed by atoms with E-state index in [2.05, 4.69) is 0 Å². The maximum absolute atomic E-state index is 11.4. The van der Waals surface area contributed by atoms with Gasteiger partial charge in [-0.2, -0.15) is 0 Å². The fraction of sp³-hybridized carbons (Fsp3) is 0.900. The van der Waals surface area contributed by atoms with Crippen LogP contribution >= 0.6 is 0 Å². The van der Waals surface area contributed by atoms with Crippen molar-refractivity contribution in [2.24, 2.45) is 10.8 Å². The first kappa shape index (κ1) is 13.4. The fourth-order valence-corrected chi connectivity index (χ4v) is 0.502. The minimum Gasteiger partial charge on any atom is -0.435 e. The van der Waals surface area contributed by atoms with Crippen molar-refractivity contribution in [3.05, 3.63) is 0 Å². The molecule has 0 aromatic carbocycles. The Labute approximate surface area is 84.9 Å². The van der Waals surface area contributed by atoms with Crippen LogP contribution in [0.3, 0.4) is 0 Å². The molecule has 0 saturated heterocycles. The molecule has 2 N–H and O–H groups in total. The SMILES string of the molecule is CC(C)(CO)C(=O)OC(O)C(C)(C)C. The number of hydrogen-bond acceptors (Lipinski definition) is 4. The standard InChI is InChI=1S/C10H20O4/c1-9(2,3)7(12)14-8(13)10(4,5)6-11/h7,11-12H,6H2,1-5H3. The molecule has 1 atom stereocenters. The van der Waals surface area contributed by atoms with Gasteiger partial charge in [-0.1, -0.05) is 20.8 Å². The lowest BCUT2D eigenvalue weighted by atomic mass is 9.93. The molecule has 0 radical (unpaired) electrons. The smallest absolute Gasteiger partial charge is 0.316 e. The van der Waals surface area contributed by atoms with Gasteiger partial charge in [0.05, 0.1) is 12.0 Å². The van der Waals surface area contributed by atoms with Crippen molar-refractivity contribution in [1.82, 2.24) is 0 Å². The van der Waals surface area contributed by atoms with Crippen LogP contribution in [0.1, 0.15) is 34.6 Å². The largest absolute Gasteiger partial charge is 0.435 e. The molecule has 0 aromatic rings. The van der Waals surface area contributed by atoms with Crippen LogP contribution < -0.4 is 0 Å². The molecule has 0 aliphatic heterocycles. The van der Waals surface area contributed by atoms with E-state index in [1.165, 1.54) is 0 Å². The van der Waals surface area contributed by atoms with Crippen molar-refractivity contribution in [2.45, 2.75) is 40.9 Å². The Kier molecular flexibility index (Phi) is 4.09. The number of carbonyl (C=O) groups is 1. The van der Waals surface area contributed by atoms with Crippen LogP contribution in [0.2, 0.25) is 0 Å². The Morgan fingerprint density at radius 1 is 1.29 bits per heavy atom. The van der Waals surface area contributed by atoms with Crippen LogP contribution in [-0.2, 0) is 9.53 Å². The maximum atomic E-state index is 11.4. The third-order valence-corrected chi connectivity index (χ3v) is 1.91. The first-order valence-electron chi connectivity index (χ1n) is 4.61. The summed E-state index contributed by atoms with van der Waals surface area (Å²) in [7, 11) is 0. The van der Waals surface area contributed by atoms with E-state index < -0.39 is 23.1 Å². The quantitative estimate of drug-likeness (QED) is 0.529. The lowest BCUT2D eigenvalue weighted by Crippen LogP contribution is -2.38. The summed E-state index contributed by atoms with van der Waals surface area (Å²) in [6.07, 6.45) is -1.15. The number of ether oxygens (including phenoxy) is 1. The molecular formula is C10H20O4. The van der Waals surface area contributed by atoms with Crippen LogP contribution in [0.4, 0.5) is 0 Å². The van der Waals surface area contributed by atoms with Crippen molar-refractivity contribution >= 4 is 5.97 Å². The predicted molar refractivity (Wildman–Crippen MR) is 52.4 cm³/mol. The molecule has 0 saturated carbocycles. The van der Waals surface area contributed by atoms with Crippen molar-refractivity contribution in [1.29, 1.82) is 0 Å². The molecular weight excluding hydrogens is 184 g/mol. The Balaban J connectivity index is 4.35. The van der Waals surface area contributed by atoms with E-state index in [0.717, 1.165) is 0 Å². The Hall–Kier alpha value is -0.610. The second-order valence-corrected chi connectivity index (χ2v) is 5.17. The van der Waals surface area contributed by atoms with E-state index in [1.807, 2.05) is 0 Å². The number of carbonyl (C=O) groups excluding carboxylic acids is 1. The van der Waals surface area contributed by atoms with E-state index in [4.69, 9.17) is 9.84 Å². The van der Waals surface area contributed by atoms with Gasteiger partial charge in [-0.15, -0.1) is 0 Å². The molecule has 4 heteroatoms. The molecule has 0 aliphatic rings. The molecule has 0 spiro atoms. The van der Waals surface area contributed by atoms with E-state index in [0.29, 0.717) is 0 Å². The molecule has 0 amide bonds. The van der Waals surface area contributed by atoms with Crippen LogP contribution in [-0.4, -0.2) is 29.1 Å². The van der Waals surface area contributed by atoms with Gasteiger partial charge in [0.15, 0.2) is 0 Å². The van der Waals surface area contributed by atoms with Gasteiger partial charge >= 0.3 is 5.97 Å². The summed E-state index contributed by atoms with van der Waals surface area (Å²) in [4.78, 5) is 11.4. The molecule has 1 unspecified atom stereocenters. The molecule has 14 heavy (non-hydrogen) atoms. The zero-order chi connectivity index (χ0) is 11.6. The molecule has 4 nitrogen and oxygen atoms in total. The molecule has 0 aliphatic carbocycles. The highest BCUT2D eigenvalue weighted by Gasteiger charge is 2.33. The van der Waals surface area contributed by atoms with Crippen LogP contribution in [0.15, 0.2) is 0 Å². The minimum atomic E-state index is -1.15. The second kappa shape index (κ2) is 4.28. The van der Waals surface area contributed by atoms with Gasteiger partial charge in [0.1, 0.15) is 0 Å². The highest BCUT2D eigenvalue weighted by atomic mass is 16.6. The van der Waals surface area contributed by atoms with Crippen LogP contribution in [0, 0.1) is 10.8 Å². The first-order chi connectivity index (χ1) is 6.11. The summed E-state index contributed by atoms with van der Waals surface area (Å²) in [6, 6.07) is 0. The van der Waals surface area contributed by atoms with Gasteiger partial charge < -0.3 is 14.9 Å². The topological polar surface area (TPSA) is 66.8 Å². The summed E-state index contributed by atoms with van der Waals surface area (Å²) in [6.45, 7) is 8.10. The van der Waals surface area contributed by atoms with Crippen LogP contribution in [0.5, 0.6) is 0 Å². The number of esters is 1. The van der Waals surface area contributed by atoms with Gasteiger partial charge in [0.25, 0.3) is 0 Å². The van der Waals surface area contributed by atoms with E-state index in [9.17, 15) is 9.90 Å². The summed E-state index contributed by atoms with van der Waals surface area (Å²) in [5.74, 6) is -0.595. The van der Waals surface area contributed by atoms with Crippen molar-refractivity contribution in [3.63, 3.8) is 0 Å². The highest BCUT2D eigenvalue weighted by molar-refractivity contribution is 5.76. The van der Waals surface area contributed by atoms with Gasteiger partial charge in [-0.3, -0.25) is 4.79 Å². The van der Waals surface area contributed by atoms with Gasteiger partial charge in [0, 0.05) is 5.41 Å². The van der Waals surface area contributed by atoms with Crippen molar-refractivity contribution < 1.29 is 19.7 Å². The first-order valence-corrected chi connectivity index (χ1v) is 4.61. The highest BCUT2D eigenvalue weighted by Crippen LogP contribution is 2.24. The van der Waals surface area contributed by atoms with Gasteiger partial charge in [-0.25, -0.2) is 0 Å². The Morgan fingerprint density at radius 3 is 2.00 bits per heavy atom. The lowest BCUT2D eigenvalue weighted by molar-refractivity contribution is -0.197. The molecule has 0 fully saturated rings. The number of aliphatic hydroxyl groups is 2. The average Bonchev–Trinajstić information content (AvgIpc) is 2.02. The van der Waals surface area contributed by atoms with Crippen LogP contribution in [0.25, 0.3) is 0 Å². The fourth-order valence-electron chi connectivity index (χ4n) is 0.502. The summed E-state index contributed by atoms with van der Waals surface area (Å²) < 4.78 is 4.83. The van der Waals surface area contributed by atoms with Crippen molar-refractivity contribution in [2.75, 3.05) is 6.61 Å². The monoisotopic (exact) mass is 204 g/mol. The normalized spacial score (nSPS) is 15.1. The summed E-state index contributed by atoms with van der Waals surface area (Å²) >= 11 is 0. The molecule has 0 bridgehead atoms. The molecule has 0 rings (SSSR count). The van der Waals surface area contributed by atoms with Gasteiger partial charge in [-0.05, 0) is 13.8 Å². The van der Waals surface area contributed by atoms with E-state index >= 15 is 0 Å². The average molecular weight is 204 g/mol. The summed E-state index contributed by atoms with van der Waals surface area (Å²) in [5.41, 5.74) is -1.48. The molecule has 0 heterocycles. The van der Waals surface area contributed by atoms with E-state index in [1.54, 1.807) is 34.6 Å². The zero-order valence-corrected chi connectivity index (χ0v) is 9.50. The Bertz CT molecular complexity index is 203. The number of aliphatic hydroxyl groups excluding tert-OH is 2. The van der Waals surface area contributed by atoms with Gasteiger partial charge in [0.2, 0.25) is 6.29 Å². The minimum absolute atomic E-state index is 0.303. The zero-order valence-electron chi connectivity index (χ0n) is 9.50. The number of hydrogen-bond donors (Lipinski definition) is 2. The van der Waals surface area contributed by atoms with E-state index in [-0.39, 0.29) is 6.61 Å². The third-order valence-electron chi connectivity index (χ3n) is 1.91. The Morgan fingerprint density at radius 2 is 1.71 bits per heavy atom. The second-order valence-electron chi connectivity index (χ2n) is 5.17. The predicted octanol–water partition coefficient (Wildman–Crippen LogP) is 0.913. The molecule has 84 valence electrons. The van der Waals surface area contributed by atoms with Crippen molar-refractivity contribution in [3.8, 4) is 0 Å². The lowest BCUT2D eigenvalue weighted by Gasteiger charge is -2.28. The summed E-state index contributed by atoms with van der Waals surface area (Å²) in [5, 5.41) is 18.4. The third kappa shape index (κ3) is 3.64.